The Bertz CT molecular complexity index is 862. The van der Waals surface area contributed by atoms with Crippen LogP contribution < -0.4 is 10.5 Å². The molecule has 0 saturated heterocycles. The lowest BCUT2D eigenvalue weighted by Gasteiger charge is -2.23. The van der Waals surface area contributed by atoms with Crippen LogP contribution in [0.1, 0.15) is 24.1 Å². The zero-order chi connectivity index (χ0) is 17.3. The van der Waals surface area contributed by atoms with Crippen molar-refractivity contribution in [2.45, 2.75) is 19.8 Å². The molecule has 0 aliphatic carbocycles. The molecular formula is C17H16N4O3. The van der Waals surface area contributed by atoms with Crippen LogP contribution in [0.25, 0.3) is 5.69 Å². The van der Waals surface area contributed by atoms with Crippen LogP contribution in [0.3, 0.4) is 0 Å². The summed E-state index contributed by atoms with van der Waals surface area (Å²) >= 11 is 0. The summed E-state index contributed by atoms with van der Waals surface area (Å²) in [5.41, 5.74) is 7.75. The molecule has 122 valence electrons. The zero-order valence-electron chi connectivity index (χ0n) is 13.3. The normalized spacial score (nSPS) is 16.1. The molecule has 2 heterocycles. The summed E-state index contributed by atoms with van der Waals surface area (Å²) in [4.78, 5) is 12.4. The first-order valence-electron chi connectivity index (χ1n) is 7.47. The number of para-hydroxylation sites is 1. The fraction of sp³-hybridized carbons (Fsp3) is 0.235. The molecule has 0 fully saturated rings. The highest BCUT2D eigenvalue weighted by Crippen LogP contribution is 2.41. The lowest BCUT2D eigenvalue weighted by molar-refractivity contribution is -0.144. The molecule has 7 heteroatoms. The SMILES string of the molecule is CCOC(=O)C1C(C#N)=C(N)Oc2c1c(C)nn2-c1ccccc1. The zero-order valence-corrected chi connectivity index (χ0v) is 13.3. The van der Waals surface area contributed by atoms with E-state index in [9.17, 15) is 10.1 Å². The summed E-state index contributed by atoms with van der Waals surface area (Å²) in [7, 11) is 0. The first kappa shape index (κ1) is 15.6. The van der Waals surface area contributed by atoms with Crippen molar-refractivity contribution < 1.29 is 14.3 Å². The third-order valence-corrected chi connectivity index (χ3v) is 3.76. The van der Waals surface area contributed by atoms with E-state index < -0.39 is 11.9 Å². The average molecular weight is 324 g/mol. The van der Waals surface area contributed by atoms with Crippen LogP contribution in [0, 0.1) is 18.3 Å². The molecule has 0 amide bonds. The van der Waals surface area contributed by atoms with Gasteiger partial charge < -0.3 is 15.2 Å². The maximum Gasteiger partial charge on any atom is 0.319 e. The fourth-order valence-corrected chi connectivity index (χ4v) is 2.72. The molecule has 1 unspecified atom stereocenters. The summed E-state index contributed by atoms with van der Waals surface area (Å²) < 4.78 is 12.3. The van der Waals surface area contributed by atoms with Crippen molar-refractivity contribution in [1.82, 2.24) is 9.78 Å². The number of rotatable bonds is 3. The van der Waals surface area contributed by atoms with Crippen LogP contribution in [0.4, 0.5) is 0 Å². The van der Waals surface area contributed by atoms with E-state index in [2.05, 4.69) is 5.10 Å². The maximum atomic E-state index is 12.4. The molecule has 7 nitrogen and oxygen atoms in total. The van der Waals surface area contributed by atoms with E-state index in [1.54, 1.807) is 18.5 Å². The van der Waals surface area contributed by atoms with Crippen molar-refractivity contribution in [3.8, 4) is 17.6 Å². The van der Waals surface area contributed by atoms with E-state index in [0.717, 1.165) is 5.69 Å². The average Bonchev–Trinajstić information content (AvgIpc) is 2.91. The standard InChI is InChI=1S/C17H16N4O3/c1-3-23-17(22)14-12(9-18)15(19)24-16-13(14)10(2)20-21(16)11-7-5-4-6-8-11/h4-8,14H,3,19H2,1-2H3. The van der Waals surface area contributed by atoms with Gasteiger partial charge in [-0.05, 0) is 26.0 Å². The second kappa shape index (κ2) is 6.08. The van der Waals surface area contributed by atoms with Gasteiger partial charge in [0.15, 0.2) is 0 Å². The monoisotopic (exact) mass is 324 g/mol. The first-order chi connectivity index (χ1) is 11.6. The molecule has 0 spiro atoms. The van der Waals surface area contributed by atoms with Crippen LogP contribution in [-0.2, 0) is 9.53 Å². The summed E-state index contributed by atoms with van der Waals surface area (Å²) in [6, 6.07) is 11.3. The molecule has 24 heavy (non-hydrogen) atoms. The number of ether oxygens (including phenoxy) is 2. The second-order valence-corrected chi connectivity index (χ2v) is 5.23. The summed E-state index contributed by atoms with van der Waals surface area (Å²) in [6.45, 7) is 3.66. The number of hydrogen-bond donors (Lipinski definition) is 1. The van der Waals surface area contributed by atoms with Gasteiger partial charge in [-0.25, -0.2) is 4.68 Å². The molecule has 1 aliphatic rings. The van der Waals surface area contributed by atoms with E-state index >= 15 is 0 Å². The lowest BCUT2D eigenvalue weighted by Crippen LogP contribution is -2.27. The quantitative estimate of drug-likeness (QED) is 0.865. The molecule has 2 aromatic rings. The van der Waals surface area contributed by atoms with Crippen molar-refractivity contribution >= 4 is 5.97 Å². The molecular weight excluding hydrogens is 308 g/mol. The highest BCUT2D eigenvalue weighted by atomic mass is 16.5. The Morgan fingerprint density at radius 1 is 1.46 bits per heavy atom. The minimum absolute atomic E-state index is 0.0386. The number of fused-ring (bicyclic) bond motifs is 1. The maximum absolute atomic E-state index is 12.4. The van der Waals surface area contributed by atoms with Gasteiger partial charge in [0.2, 0.25) is 11.8 Å². The molecule has 0 saturated carbocycles. The molecule has 1 atom stereocenters. The fourth-order valence-electron chi connectivity index (χ4n) is 2.72. The highest BCUT2D eigenvalue weighted by Gasteiger charge is 2.40. The number of carbonyl (C=O) groups is 1. The van der Waals surface area contributed by atoms with Crippen LogP contribution >= 0.6 is 0 Å². The molecule has 1 aromatic carbocycles. The number of nitrogens with two attached hydrogens (primary N) is 1. The number of aromatic nitrogens is 2. The van der Waals surface area contributed by atoms with Crippen LogP contribution in [0.2, 0.25) is 0 Å². The van der Waals surface area contributed by atoms with Crippen LogP contribution in [0.15, 0.2) is 41.8 Å². The molecule has 2 N–H and O–H groups in total. The number of aryl methyl sites for hydroxylation is 1. The molecule has 3 rings (SSSR count). The van der Waals surface area contributed by atoms with Crippen molar-refractivity contribution in [3.63, 3.8) is 0 Å². The summed E-state index contributed by atoms with van der Waals surface area (Å²) in [6.07, 6.45) is 0. The second-order valence-electron chi connectivity index (χ2n) is 5.23. The minimum atomic E-state index is -0.934. The Labute approximate surface area is 138 Å². The Morgan fingerprint density at radius 3 is 2.79 bits per heavy atom. The molecule has 0 radical (unpaired) electrons. The van der Waals surface area contributed by atoms with Crippen LogP contribution in [0.5, 0.6) is 5.88 Å². The van der Waals surface area contributed by atoms with Crippen molar-refractivity contribution in [2.75, 3.05) is 6.61 Å². The minimum Gasteiger partial charge on any atom is -0.465 e. The first-order valence-corrected chi connectivity index (χ1v) is 7.47. The van der Waals surface area contributed by atoms with Gasteiger partial charge in [0.05, 0.1) is 23.6 Å². The van der Waals surface area contributed by atoms with E-state index in [-0.39, 0.29) is 18.1 Å². The van der Waals surface area contributed by atoms with Crippen LogP contribution in [-0.4, -0.2) is 22.4 Å². The number of nitrogens with zero attached hydrogens (tertiary/aromatic N) is 3. The molecule has 1 aliphatic heterocycles. The van der Waals surface area contributed by atoms with Gasteiger partial charge in [0.25, 0.3) is 0 Å². The Hall–Kier alpha value is -3.27. The molecule has 0 bridgehead atoms. The highest BCUT2D eigenvalue weighted by molar-refractivity contribution is 5.85. The van der Waals surface area contributed by atoms with Crippen molar-refractivity contribution in [2.24, 2.45) is 5.73 Å². The number of hydrogen-bond acceptors (Lipinski definition) is 6. The predicted octanol–water partition coefficient (Wildman–Crippen LogP) is 1.91. The van der Waals surface area contributed by atoms with E-state index in [1.807, 2.05) is 36.4 Å². The number of benzene rings is 1. The number of carbonyl (C=O) groups excluding carboxylic acids is 1. The smallest absolute Gasteiger partial charge is 0.319 e. The molecule has 1 aromatic heterocycles. The van der Waals surface area contributed by atoms with Gasteiger partial charge in [0.1, 0.15) is 17.6 Å². The third kappa shape index (κ3) is 2.38. The largest absolute Gasteiger partial charge is 0.465 e. The predicted molar refractivity (Wildman–Crippen MR) is 85.1 cm³/mol. The summed E-state index contributed by atoms with van der Waals surface area (Å²) in [5.74, 6) is -1.26. The van der Waals surface area contributed by atoms with Gasteiger partial charge in [-0.3, -0.25) is 4.79 Å². The Morgan fingerprint density at radius 2 is 2.17 bits per heavy atom. The number of esters is 1. The van der Waals surface area contributed by atoms with Gasteiger partial charge in [-0.15, -0.1) is 0 Å². The third-order valence-electron chi connectivity index (χ3n) is 3.76. The van der Waals surface area contributed by atoms with Gasteiger partial charge in [-0.1, -0.05) is 18.2 Å². The summed E-state index contributed by atoms with van der Waals surface area (Å²) in [5, 5.41) is 13.8. The van der Waals surface area contributed by atoms with Crippen molar-refractivity contribution in [3.05, 3.63) is 53.0 Å². The van der Waals surface area contributed by atoms with E-state index in [4.69, 9.17) is 15.2 Å². The topological polar surface area (TPSA) is 103 Å². The van der Waals surface area contributed by atoms with Gasteiger partial charge >= 0.3 is 5.97 Å². The number of nitriles is 1. The van der Waals surface area contributed by atoms with Crippen molar-refractivity contribution in [1.29, 1.82) is 5.26 Å². The Balaban J connectivity index is 2.20. The van der Waals surface area contributed by atoms with Gasteiger partial charge in [0, 0.05) is 0 Å². The van der Waals surface area contributed by atoms with E-state index in [0.29, 0.717) is 17.1 Å². The van der Waals surface area contributed by atoms with Gasteiger partial charge in [-0.2, -0.15) is 10.4 Å². The lowest BCUT2D eigenvalue weighted by atomic mass is 9.90. The Kier molecular flexibility index (Phi) is 3.96. The van der Waals surface area contributed by atoms with E-state index in [1.165, 1.54) is 0 Å².